The van der Waals surface area contributed by atoms with Gasteiger partial charge in [0.05, 0.1) is 7.11 Å². The molecule has 0 aliphatic carbocycles. The van der Waals surface area contributed by atoms with Crippen molar-refractivity contribution in [2.75, 3.05) is 27.3 Å². The maximum absolute atomic E-state index is 12.0. The molecule has 2 heterocycles. The highest BCUT2D eigenvalue weighted by Crippen LogP contribution is 2.42. The Morgan fingerprint density at radius 1 is 1.59 bits per heavy atom. The average molecular weight is 241 g/mol. The Morgan fingerprint density at radius 3 is 2.82 bits per heavy atom. The van der Waals surface area contributed by atoms with Crippen molar-refractivity contribution >= 4 is 5.97 Å². The molecule has 1 N–H and O–H groups in total. The Morgan fingerprint density at radius 2 is 2.24 bits per heavy atom. The highest BCUT2D eigenvalue weighted by molar-refractivity contribution is 5.82. The van der Waals surface area contributed by atoms with E-state index < -0.39 is 0 Å². The summed E-state index contributed by atoms with van der Waals surface area (Å²) >= 11 is 0. The second-order valence-corrected chi connectivity index (χ2v) is 4.97. The molecule has 0 radical (unpaired) electrons. The van der Waals surface area contributed by atoms with E-state index in [4.69, 9.17) is 9.84 Å². The second-order valence-electron chi connectivity index (χ2n) is 4.97. The fraction of sp³-hybridized carbons (Fsp3) is 0.769. The lowest BCUT2D eigenvalue weighted by molar-refractivity contribution is -0.156. The number of esters is 1. The molecular formula is C13H23NO3. The zero-order valence-corrected chi connectivity index (χ0v) is 11.0. The highest BCUT2D eigenvalue weighted by Gasteiger charge is 2.52. The van der Waals surface area contributed by atoms with Crippen LogP contribution < -0.4 is 0 Å². The van der Waals surface area contributed by atoms with Crippen LogP contribution in [0.1, 0.15) is 26.2 Å². The Kier molecular flexibility index (Phi) is 4.71. The van der Waals surface area contributed by atoms with Crippen molar-refractivity contribution in [3.63, 3.8) is 0 Å². The molecule has 0 aromatic carbocycles. The molecule has 2 rings (SSSR count). The molecule has 2 unspecified atom stereocenters. The number of fused-ring (bicyclic) bond motifs is 1. The number of carbonyl (C=O) groups is 1. The molecule has 0 spiro atoms. The molecule has 2 aliphatic rings. The van der Waals surface area contributed by atoms with Gasteiger partial charge in [0.25, 0.3) is 0 Å². The minimum Gasteiger partial charge on any atom is -0.468 e. The van der Waals surface area contributed by atoms with Gasteiger partial charge in [-0.05, 0) is 31.7 Å². The lowest BCUT2D eigenvalue weighted by Crippen LogP contribution is -2.55. The number of nitrogens with zero attached hydrogens (tertiary/aromatic N) is 1. The lowest BCUT2D eigenvalue weighted by Gasteiger charge is -2.41. The summed E-state index contributed by atoms with van der Waals surface area (Å²) in [4.78, 5) is 14.2. The number of piperidine rings is 1. The van der Waals surface area contributed by atoms with Crippen LogP contribution in [0, 0.1) is 5.92 Å². The number of aliphatic hydroxyl groups is 1. The van der Waals surface area contributed by atoms with Gasteiger partial charge in [0.2, 0.25) is 0 Å². The Labute approximate surface area is 103 Å². The normalized spacial score (nSPS) is 32.5. The number of hydrogen-bond donors (Lipinski definition) is 1. The smallest absolute Gasteiger partial charge is 0.326 e. The first-order valence-electron chi connectivity index (χ1n) is 6.03. The quantitative estimate of drug-likeness (QED) is 0.553. The van der Waals surface area contributed by atoms with Crippen molar-refractivity contribution in [1.82, 2.24) is 4.90 Å². The number of ether oxygens (including phenoxy) is 1. The number of methoxy groups -OCH3 is 1. The van der Waals surface area contributed by atoms with Crippen molar-refractivity contribution in [3.05, 3.63) is 12.2 Å². The Hall–Kier alpha value is -0.870. The second kappa shape index (κ2) is 5.65. The van der Waals surface area contributed by atoms with Gasteiger partial charge in [0.1, 0.15) is 5.54 Å². The van der Waals surface area contributed by atoms with Gasteiger partial charge in [-0.2, -0.15) is 0 Å². The van der Waals surface area contributed by atoms with Crippen molar-refractivity contribution in [1.29, 1.82) is 0 Å². The summed E-state index contributed by atoms with van der Waals surface area (Å²) in [6.45, 7) is 8.09. The fourth-order valence-electron chi connectivity index (χ4n) is 3.03. The molecule has 0 aromatic rings. The van der Waals surface area contributed by atoms with Crippen LogP contribution in [-0.4, -0.2) is 48.8 Å². The third-order valence-corrected chi connectivity index (χ3v) is 3.71. The van der Waals surface area contributed by atoms with E-state index in [2.05, 4.69) is 18.4 Å². The predicted octanol–water partition coefficient (Wildman–Crippen LogP) is 1.20. The number of aliphatic hydroxyl groups excluding tert-OH is 1. The van der Waals surface area contributed by atoms with Gasteiger partial charge in [-0.1, -0.05) is 19.1 Å². The Bertz CT molecular complexity index is 303. The van der Waals surface area contributed by atoms with E-state index in [0.29, 0.717) is 5.92 Å². The molecule has 4 nitrogen and oxygen atoms in total. The van der Waals surface area contributed by atoms with E-state index in [1.807, 2.05) is 0 Å². The highest BCUT2D eigenvalue weighted by atomic mass is 16.5. The van der Waals surface area contributed by atoms with E-state index in [-0.39, 0.29) is 11.5 Å². The topological polar surface area (TPSA) is 49.8 Å². The van der Waals surface area contributed by atoms with Gasteiger partial charge in [-0.25, -0.2) is 0 Å². The first kappa shape index (κ1) is 14.2. The zero-order chi connectivity index (χ0) is 13.1. The largest absolute Gasteiger partial charge is 0.468 e. The molecule has 4 heteroatoms. The lowest BCUT2D eigenvalue weighted by atomic mass is 9.80. The van der Waals surface area contributed by atoms with Crippen molar-refractivity contribution in [2.45, 2.75) is 31.7 Å². The number of carbonyl (C=O) groups excluding carboxylic acids is 1. The molecule has 2 saturated heterocycles. The maximum atomic E-state index is 12.0. The number of rotatable bonds is 1. The van der Waals surface area contributed by atoms with Crippen LogP contribution in [0.3, 0.4) is 0 Å². The van der Waals surface area contributed by atoms with E-state index in [1.54, 1.807) is 0 Å². The predicted molar refractivity (Wildman–Crippen MR) is 66.6 cm³/mol. The van der Waals surface area contributed by atoms with Gasteiger partial charge in [0, 0.05) is 13.7 Å². The monoisotopic (exact) mass is 241 g/mol. The van der Waals surface area contributed by atoms with Crippen molar-refractivity contribution in [3.8, 4) is 0 Å². The zero-order valence-electron chi connectivity index (χ0n) is 11.0. The minimum atomic E-state index is -0.385. The standard InChI is InChI=1S/C12H19NO2.CH4O/c1-9-4-5-13-8-10(2)7-12(13,6-9)11(14)15-3;1-2/h9H,2,4-8H2,1,3H3;2H,1H3. The summed E-state index contributed by atoms with van der Waals surface area (Å²) in [6, 6.07) is 0. The molecule has 0 saturated carbocycles. The van der Waals surface area contributed by atoms with E-state index in [9.17, 15) is 4.79 Å². The van der Waals surface area contributed by atoms with Gasteiger partial charge < -0.3 is 9.84 Å². The first-order chi connectivity index (χ1) is 8.08. The molecule has 2 aliphatic heterocycles. The van der Waals surface area contributed by atoms with Crippen LogP contribution in [0.4, 0.5) is 0 Å². The molecule has 2 atom stereocenters. The SMILES string of the molecule is C=C1CN2CCC(C)CC2(C(=O)OC)C1.CO. The summed E-state index contributed by atoms with van der Waals surface area (Å²) in [5.41, 5.74) is 0.776. The number of hydrogen-bond acceptors (Lipinski definition) is 4. The minimum absolute atomic E-state index is 0.0762. The van der Waals surface area contributed by atoms with Crippen molar-refractivity contribution in [2.24, 2.45) is 5.92 Å². The van der Waals surface area contributed by atoms with Gasteiger partial charge in [-0.15, -0.1) is 0 Å². The van der Waals surface area contributed by atoms with Crippen LogP contribution in [0.15, 0.2) is 12.2 Å². The van der Waals surface area contributed by atoms with Crippen LogP contribution in [0.5, 0.6) is 0 Å². The van der Waals surface area contributed by atoms with Crippen molar-refractivity contribution < 1.29 is 14.6 Å². The molecule has 17 heavy (non-hydrogen) atoms. The third kappa shape index (κ3) is 2.53. The fourth-order valence-corrected chi connectivity index (χ4v) is 3.03. The van der Waals surface area contributed by atoms with Gasteiger partial charge in [-0.3, -0.25) is 9.69 Å². The summed E-state index contributed by atoms with van der Waals surface area (Å²) in [7, 11) is 2.48. The molecule has 2 fully saturated rings. The van der Waals surface area contributed by atoms with Crippen LogP contribution in [-0.2, 0) is 9.53 Å². The van der Waals surface area contributed by atoms with E-state index in [0.717, 1.165) is 38.6 Å². The first-order valence-corrected chi connectivity index (χ1v) is 6.03. The van der Waals surface area contributed by atoms with Gasteiger partial charge in [0.15, 0.2) is 0 Å². The molecule has 0 aromatic heterocycles. The summed E-state index contributed by atoms with van der Waals surface area (Å²) < 4.78 is 4.97. The van der Waals surface area contributed by atoms with E-state index in [1.165, 1.54) is 13.5 Å². The molecule has 0 amide bonds. The average Bonchev–Trinajstić information content (AvgIpc) is 2.67. The molecular weight excluding hydrogens is 218 g/mol. The molecule has 0 bridgehead atoms. The molecule has 98 valence electrons. The van der Waals surface area contributed by atoms with Gasteiger partial charge >= 0.3 is 5.97 Å². The Balaban J connectivity index is 0.000000686. The summed E-state index contributed by atoms with van der Waals surface area (Å²) in [5.74, 6) is 0.527. The van der Waals surface area contributed by atoms with E-state index >= 15 is 0 Å². The van der Waals surface area contributed by atoms with Crippen LogP contribution >= 0.6 is 0 Å². The van der Waals surface area contributed by atoms with Crippen LogP contribution in [0.2, 0.25) is 0 Å². The summed E-state index contributed by atoms with van der Waals surface area (Å²) in [5, 5.41) is 7.00. The summed E-state index contributed by atoms with van der Waals surface area (Å²) in [6.07, 6.45) is 2.87. The maximum Gasteiger partial charge on any atom is 0.326 e. The van der Waals surface area contributed by atoms with Crippen LogP contribution in [0.25, 0.3) is 0 Å². The third-order valence-electron chi connectivity index (χ3n) is 3.71.